The van der Waals surface area contributed by atoms with Gasteiger partial charge in [0.05, 0.1) is 11.9 Å². The maximum absolute atomic E-state index is 10.1. The average molecular weight is 165 g/mol. The van der Waals surface area contributed by atoms with E-state index in [1.807, 2.05) is 0 Å². The fraction of sp³-hybridized carbons (Fsp3) is 0. The van der Waals surface area contributed by atoms with Crippen LogP contribution in [-0.4, -0.2) is 21.2 Å². The van der Waals surface area contributed by atoms with Crippen molar-refractivity contribution >= 4 is 12.0 Å². The lowest BCUT2D eigenvalue weighted by atomic mass is 10.3. The molecular weight excluding hydrogens is 158 g/mol. The topological polar surface area (TPSA) is 70.4 Å². The molecule has 1 aromatic heterocycles. The molecule has 0 aliphatic rings. The SMILES string of the molecule is O=C(O)C=Cc1ccc(O)cn1. The minimum Gasteiger partial charge on any atom is -0.506 e. The summed E-state index contributed by atoms with van der Waals surface area (Å²) in [5.41, 5.74) is 0.496. The molecule has 2 N–H and O–H groups in total. The van der Waals surface area contributed by atoms with Crippen LogP contribution in [-0.2, 0) is 4.79 Å². The lowest BCUT2D eigenvalue weighted by molar-refractivity contribution is -0.131. The second kappa shape index (κ2) is 3.52. The van der Waals surface area contributed by atoms with Gasteiger partial charge in [-0.25, -0.2) is 4.79 Å². The van der Waals surface area contributed by atoms with Crippen molar-refractivity contribution in [2.24, 2.45) is 0 Å². The highest BCUT2D eigenvalue weighted by Gasteiger charge is 1.90. The van der Waals surface area contributed by atoms with Gasteiger partial charge in [0.25, 0.3) is 0 Å². The molecule has 1 rings (SSSR count). The summed E-state index contributed by atoms with van der Waals surface area (Å²) in [5, 5.41) is 17.1. The van der Waals surface area contributed by atoms with E-state index in [0.29, 0.717) is 5.69 Å². The second-order valence-electron chi connectivity index (χ2n) is 2.11. The molecule has 0 radical (unpaired) electrons. The van der Waals surface area contributed by atoms with E-state index in [4.69, 9.17) is 10.2 Å². The highest BCUT2D eigenvalue weighted by atomic mass is 16.4. The molecule has 1 heterocycles. The van der Waals surface area contributed by atoms with Crippen molar-refractivity contribution in [1.82, 2.24) is 4.98 Å². The second-order valence-corrected chi connectivity index (χ2v) is 2.11. The van der Waals surface area contributed by atoms with Crippen molar-refractivity contribution in [1.29, 1.82) is 0 Å². The van der Waals surface area contributed by atoms with Crippen molar-refractivity contribution in [2.45, 2.75) is 0 Å². The molecule has 0 unspecified atom stereocenters. The number of carbonyl (C=O) groups is 1. The molecular formula is C8H7NO3. The molecule has 4 nitrogen and oxygen atoms in total. The number of rotatable bonds is 2. The van der Waals surface area contributed by atoms with Crippen molar-refractivity contribution in [2.75, 3.05) is 0 Å². The molecule has 0 spiro atoms. The standard InChI is InChI=1S/C8H7NO3/c10-7-3-1-6(9-5-7)2-4-8(11)12/h1-5,10H,(H,11,12). The first-order chi connectivity index (χ1) is 5.68. The van der Waals surface area contributed by atoms with Gasteiger partial charge in [0.1, 0.15) is 5.75 Å². The summed E-state index contributed by atoms with van der Waals surface area (Å²) in [6.07, 6.45) is 3.59. The predicted molar refractivity (Wildman–Crippen MR) is 42.6 cm³/mol. The van der Waals surface area contributed by atoms with Gasteiger partial charge in [-0.3, -0.25) is 4.98 Å². The van der Waals surface area contributed by atoms with Crippen LogP contribution in [0.5, 0.6) is 5.75 Å². The van der Waals surface area contributed by atoms with Crippen molar-refractivity contribution in [3.63, 3.8) is 0 Å². The number of hydrogen-bond donors (Lipinski definition) is 2. The van der Waals surface area contributed by atoms with E-state index in [-0.39, 0.29) is 5.75 Å². The first-order valence-electron chi connectivity index (χ1n) is 3.24. The molecule has 0 bridgehead atoms. The Balaban J connectivity index is 2.77. The van der Waals surface area contributed by atoms with Crippen LogP contribution < -0.4 is 0 Å². The number of carboxylic acids is 1. The number of carboxylic acid groups (broad SMARTS) is 1. The molecule has 62 valence electrons. The molecule has 0 aliphatic heterocycles. The number of aromatic hydroxyl groups is 1. The van der Waals surface area contributed by atoms with Crippen LogP contribution in [0.25, 0.3) is 6.08 Å². The van der Waals surface area contributed by atoms with Gasteiger partial charge in [-0.2, -0.15) is 0 Å². The summed E-state index contributed by atoms with van der Waals surface area (Å²) in [6, 6.07) is 2.96. The number of hydrogen-bond acceptors (Lipinski definition) is 3. The molecule has 12 heavy (non-hydrogen) atoms. The molecule has 0 amide bonds. The maximum atomic E-state index is 10.1. The summed E-state index contributed by atoms with van der Waals surface area (Å²) in [7, 11) is 0. The molecule has 0 aromatic carbocycles. The van der Waals surface area contributed by atoms with E-state index < -0.39 is 5.97 Å². The number of aliphatic carboxylic acids is 1. The fourth-order valence-electron chi connectivity index (χ4n) is 0.653. The van der Waals surface area contributed by atoms with E-state index in [1.165, 1.54) is 24.4 Å². The van der Waals surface area contributed by atoms with Gasteiger partial charge < -0.3 is 10.2 Å². The Kier molecular flexibility index (Phi) is 2.42. The van der Waals surface area contributed by atoms with Gasteiger partial charge in [0.15, 0.2) is 0 Å². The fourth-order valence-corrected chi connectivity index (χ4v) is 0.653. The van der Waals surface area contributed by atoms with Gasteiger partial charge in [0.2, 0.25) is 0 Å². The largest absolute Gasteiger partial charge is 0.506 e. The Hall–Kier alpha value is -1.84. The molecule has 0 atom stereocenters. The zero-order valence-corrected chi connectivity index (χ0v) is 6.14. The predicted octanol–water partition coefficient (Wildman–Crippen LogP) is 0.885. The first-order valence-corrected chi connectivity index (χ1v) is 3.24. The van der Waals surface area contributed by atoms with E-state index in [1.54, 1.807) is 0 Å². The normalized spacial score (nSPS) is 10.3. The van der Waals surface area contributed by atoms with Crippen LogP contribution in [0.15, 0.2) is 24.4 Å². The minimum atomic E-state index is -1.02. The Morgan fingerprint density at radius 2 is 2.25 bits per heavy atom. The van der Waals surface area contributed by atoms with Crippen LogP contribution in [0.3, 0.4) is 0 Å². The molecule has 0 fully saturated rings. The highest BCUT2D eigenvalue weighted by Crippen LogP contribution is 2.06. The zero-order valence-electron chi connectivity index (χ0n) is 6.14. The van der Waals surface area contributed by atoms with Crippen molar-refractivity contribution < 1.29 is 15.0 Å². The third-order valence-electron chi connectivity index (χ3n) is 1.17. The molecule has 0 aliphatic carbocycles. The van der Waals surface area contributed by atoms with Crippen molar-refractivity contribution in [3.8, 4) is 5.75 Å². The summed E-state index contributed by atoms with van der Waals surface area (Å²) < 4.78 is 0. The van der Waals surface area contributed by atoms with E-state index in [0.717, 1.165) is 6.08 Å². The summed E-state index contributed by atoms with van der Waals surface area (Å²) >= 11 is 0. The number of nitrogens with zero attached hydrogens (tertiary/aromatic N) is 1. The molecule has 1 aromatic rings. The van der Waals surface area contributed by atoms with Crippen LogP contribution in [0.1, 0.15) is 5.69 Å². The van der Waals surface area contributed by atoms with Gasteiger partial charge in [-0.1, -0.05) is 0 Å². The summed E-state index contributed by atoms with van der Waals surface area (Å²) in [5.74, 6) is -0.965. The van der Waals surface area contributed by atoms with Crippen LogP contribution >= 0.6 is 0 Å². The van der Waals surface area contributed by atoms with E-state index >= 15 is 0 Å². The first kappa shape index (κ1) is 8.26. The van der Waals surface area contributed by atoms with Crippen LogP contribution in [0, 0.1) is 0 Å². The number of pyridine rings is 1. The van der Waals surface area contributed by atoms with Gasteiger partial charge in [0, 0.05) is 6.08 Å². The quantitative estimate of drug-likeness (QED) is 0.638. The Morgan fingerprint density at radius 3 is 2.75 bits per heavy atom. The van der Waals surface area contributed by atoms with Crippen LogP contribution in [0.4, 0.5) is 0 Å². The molecule has 0 saturated heterocycles. The van der Waals surface area contributed by atoms with E-state index in [9.17, 15) is 4.79 Å². The van der Waals surface area contributed by atoms with Gasteiger partial charge >= 0.3 is 5.97 Å². The summed E-state index contributed by atoms with van der Waals surface area (Å²) in [6.45, 7) is 0. The zero-order chi connectivity index (χ0) is 8.97. The van der Waals surface area contributed by atoms with Gasteiger partial charge in [-0.05, 0) is 18.2 Å². The Bertz CT molecular complexity index is 303. The smallest absolute Gasteiger partial charge is 0.328 e. The highest BCUT2D eigenvalue weighted by molar-refractivity contribution is 5.84. The monoisotopic (exact) mass is 165 g/mol. The Morgan fingerprint density at radius 1 is 1.50 bits per heavy atom. The third-order valence-corrected chi connectivity index (χ3v) is 1.17. The molecule has 4 heteroatoms. The average Bonchev–Trinajstić information content (AvgIpc) is 2.03. The minimum absolute atomic E-state index is 0.0578. The van der Waals surface area contributed by atoms with Crippen LogP contribution in [0.2, 0.25) is 0 Å². The summed E-state index contributed by atoms with van der Waals surface area (Å²) in [4.78, 5) is 13.8. The lowest BCUT2D eigenvalue weighted by Crippen LogP contribution is -1.86. The van der Waals surface area contributed by atoms with Crippen molar-refractivity contribution in [3.05, 3.63) is 30.1 Å². The number of aromatic nitrogens is 1. The maximum Gasteiger partial charge on any atom is 0.328 e. The van der Waals surface area contributed by atoms with Gasteiger partial charge in [-0.15, -0.1) is 0 Å². The van der Waals surface area contributed by atoms with E-state index in [2.05, 4.69) is 4.98 Å². The third kappa shape index (κ3) is 2.42. The Labute approximate surface area is 68.8 Å². The lowest BCUT2D eigenvalue weighted by Gasteiger charge is -1.91. The molecule has 0 saturated carbocycles.